The normalized spacial score (nSPS) is 11.2. The molecular weight excluding hydrogens is 292 g/mol. The summed E-state index contributed by atoms with van der Waals surface area (Å²) in [5.41, 5.74) is -0.181. The maximum atomic E-state index is 12.4. The van der Waals surface area contributed by atoms with Gasteiger partial charge in [-0.05, 0) is 26.0 Å². The topological polar surface area (TPSA) is 94.4 Å². The van der Waals surface area contributed by atoms with Gasteiger partial charge in [0.15, 0.2) is 5.69 Å². The van der Waals surface area contributed by atoms with E-state index in [1.165, 1.54) is 25.4 Å². The van der Waals surface area contributed by atoms with Gasteiger partial charge in [-0.25, -0.2) is 13.4 Å². The molecule has 1 heterocycles. The molecule has 0 fully saturated rings. The number of amides is 1. The molecule has 8 heteroatoms. The summed E-state index contributed by atoms with van der Waals surface area (Å²) in [6.07, 6.45) is 1.35. The number of carbonyl (C=O) groups is 1. The van der Waals surface area contributed by atoms with Crippen LogP contribution in [-0.4, -0.2) is 55.2 Å². The molecule has 21 heavy (non-hydrogen) atoms. The summed E-state index contributed by atoms with van der Waals surface area (Å²) in [4.78, 5) is 17.1. The number of sulfonamides is 1. The van der Waals surface area contributed by atoms with E-state index >= 15 is 0 Å². The number of nitriles is 1. The van der Waals surface area contributed by atoms with Gasteiger partial charge in [0.2, 0.25) is 15.9 Å². The lowest BCUT2D eigenvalue weighted by Gasteiger charge is -2.23. The van der Waals surface area contributed by atoms with Crippen LogP contribution < -0.4 is 0 Å². The smallest absolute Gasteiger partial charge is 0.246 e. The van der Waals surface area contributed by atoms with Crippen LogP contribution in [0.5, 0.6) is 0 Å². The minimum absolute atomic E-state index is 0.181. The molecule has 0 saturated heterocycles. The molecular formula is C13H18N4O3S. The third-order valence-electron chi connectivity index (χ3n) is 3.04. The predicted octanol–water partition coefficient (Wildman–Crippen LogP) is 0.442. The monoisotopic (exact) mass is 310 g/mol. The highest BCUT2D eigenvalue weighted by Crippen LogP contribution is 2.16. The highest BCUT2D eigenvalue weighted by Gasteiger charge is 2.27. The van der Waals surface area contributed by atoms with Gasteiger partial charge >= 0.3 is 0 Å². The number of hydrogen-bond acceptors (Lipinski definition) is 5. The van der Waals surface area contributed by atoms with E-state index in [1.54, 1.807) is 11.0 Å². The fourth-order valence-electron chi connectivity index (χ4n) is 1.80. The first-order valence-corrected chi connectivity index (χ1v) is 7.91. The summed E-state index contributed by atoms with van der Waals surface area (Å²) in [5, 5.41) is 8.94. The predicted molar refractivity (Wildman–Crippen MR) is 76.7 cm³/mol. The molecule has 0 saturated carbocycles. The van der Waals surface area contributed by atoms with Crippen molar-refractivity contribution in [3.63, 3.8) is 0 Å². The Labute approximate surface area is 124 Å². The number of rotatable bonds is 6. The Morgan fingerprint density at radius 2 is 2.00 bits per heavy atom. The van der Waals surface area contributed by atoms with Crippen molar-refractivity contribution in [3.05, 3.63) is 24.0 Å². The summed E-state index contributed by atoms with van der Waals surface area (Å²) < 4.78 is 25.8. The fraction of sp³-hybridized carbons (Fsp3) is 0.462. The number of nitrogens with zero attached hydrogens (tertiary/aromatic N) is 4. The van der Waals surface area contributed by atoms with Crippen molar-refractivity contribution < 1.29 is 13.2 Å². The van der Waals surface area contributed by atoms with Crippen LogP contribution in [0.25, 0.3) is 0 Å². The molecule has 0 bridgehead atoms. The Bertz CT molecular complexity index is 648. The van der Waals surface area contributed by atoms with Crippen LogP contribution in [0.15, 0.2) is 23.2 Å². The second-order valence-electron chi connectivity index (χ2n) is 4.29. The van der Waals surface area contributed by atoms with Crippen molar-refractivity contribution in [2.75, 3.05) is 26.7 Å². The molecule has 1 aromatic heterocycles. The SMILES string of the molecule is CCN(CC)C(=O)CN(C)S(=O)(=O)c1cccnc1C#N. The average Bonchev–Trinajstić information content (AvgIpc) is 2.48. The molecule has 0 aliphatic rings. The second kappa shape index (κ2) is 7.15. The summed E-state index contributed by atoms with van der Waals surface area (Å²) in [5.74, 6) is -0.284. The number of pyridine rings is 1. The second-order valence-corrected chi connectivity index (χ2v) is 6.30. The van der Waals surface area contributed by atoms with Gasteiger partial charge in [0, 0.05) is 26.3 Å². The molecule has 0 aliphatic heterocycles. The van der Waals surface area contributed by atoms with Crippen LogP contribution in [0, 0.1) is 11.3 Å². The highest BCUT2D eigenvalue weighted by atomic mass is 32.2. The molecule has 0 aliphatic carbocycles. The zero-order valence-electron chi connectivity index (χ0n) is 12.3. The fourth-order valence-corrected chi connectivity index (χ4v) is 3.01. The molecule has 0 unspecified atom stereocenters. The Balaban J connectivity index is 3.03. The van der Waals surface area contributed by atoms with Gasteiger partial charge in [-0.2, -0.15) is 9.57 Å². The third kappa shape index (κ3) is 3.77. The standard InChI is InChI=1S/C13H18N4O3S/c1-4-17(5-2)13(18)10-16(3)21(19,20)12-7-6-8-15-11(12)9-14/h6-8H,4-5,10H2,1-3H3. The van der Waals surface area contributed by atoms with Gasteiger partial charge < -0.3 is 4.90 Å². The first-order chi connectivity index (χ1) is 9.88. The van der Waals surface area contributed by atoms with Crippen LogP contribution in [-0.2, 0) is 14.8 Å². The maximum Gasteiger partial charge on any atom is 0.246 e. The summed E-state index contributed by atoms with van der Waals surface area (Å²) in [6, 6.07) is 4.49. The van der Waals surface area contributed by atoms with Gasteiger partial charge in [0.1, 0.15) is 11.0 Å². The van der Waals surface area contributed by atoms with E-state index in [2.05, 4.69) is 4.98 Å². The molecule has 7 nitrogen and oxygen atoms in total. The molecule has 1 rings (SSSR count). The Hall–Kier alpha value is -1.98. The lowest BCUT2D eigenvalue weighted by Crippen LogP contribution is -2.41. The molecule has 114 valence electrons. The van der Waals surface area contributed by atoms with Crippen LogP contribution in [0.4, 0.5) is 0 Å². The zero-order valence-corrected chi connectivity index (χ0v) is 13.1. The van der Waals surface area contributed by atoms with E-state index in [1.807, 2.05) is 13.8 Å². The maximum absolute atomic E-state index is 12.4. The van der Waals surface area contributed by atoms with E-state index < -0.39 is 10.0 Å². The van der Waals surface area contributed by atoms with Crippen molar-refractivity contribution in [2.24, 2.45) is 0 Å². The van der Waals surface area contributed by atoms with Crippen molar-refractivity contribution in [1.82, 2.24) is 14.2 Å². The molecule has 1 aromatic rings. The highest BCUT2D eigenvalue weighted by molar-refractivity contribution is 7.89. The van der Waals surface area contributed by atoms with Gasteiger partial charge in [-0.15, -0.1) is 0 Å². The largest absolute Gasteiger partial charge is 0.342 e. The number of hydrogen-bond donors (Lipinski definition) is 0. The molecule has 0 spiro atoms. The van der Waals surface area contributed by atoms with Crippen molar-refractivity contribution in [2.45, 2.75) is 18.7 Å². The summed E-state index contributed by atoms with van der Waals surface area (Å²) in [7, 11) is -2.62. The van der Waals surface area contributed by atoms with Crippen molar-refractivity contribution in [1.29, 1.82) is 5.26 Å². The number of aromatic nitrogens is 1. The molecule has 1 amide bonds. The van der Waals surface area contributed by atoms with E-state index in [4.69, 9.17) is 5.26 Å². The Morgan fingerprint density at radius 1 is 1.38 bits per heavy atom. The molecule has 0 atom stereocenters. The van der Waals surface area contributed by atoms with Gasteiger partial charge in [0.25, 0.3) is 0 Å². The van der Waals surface area contributed by atoms with E-state index in [0.29, 0.717) is 13.1 Å². The Kier molecular flexibility index (Phi) is 5.81. The third-order valence-corrected chi connectivity index (χ3v) is 4.87. The van der Waals surface area contributed by atoms with Crippen LogP contribution in [0.3, 0.4) is 0 Å². The summed E-state index contributed by atoms with van der Waals surface area (Å²) in [6.45, 7) is 4.40. The van der Waals surface area contributed by atoms with Crippen LogP contribution in [0.2, 0.25) is 0 Å². The van der Waals surface area contributed by atoms with E-state index in [0.717, 1.165) is 4.31 Å². The lowest BCUT2D eigenvalue weighted by molar-refractivity contribution is -0.130. The minimum atomic E-state index is -3.93. The first kappa shape index (κ1) is 17.1. The van der Waals surface area contributed by atoms with Crippen molar-refractivity contribution in [3.8, 4) is 6.07 Å². The van der Waals surface area contributed by atoms with E-state index in [-0.39, 0.29) is 23.0 Å². The lowest BCUT2D eigenvalue weighted by atomic mass is 10.4. The van der Waals surface area contributed by atoms with Crippen molar-refractivity contribution >= 4 is 15.9 Å². The first-order valence-electron chi connectivity index (χ1n) is 6.47. The van der Waals surface area contributed by atoms with Crippen LogP contribution >= 0.6 is 0 Å². The number of likely N-dealkylation sites (N-methyl/N-ethyl adjacent to an activating group) is 2. The number of carbonyl (C=O) groups excluding carboxylic acids is 1. The minimum Gasteiger partial charge on any atom is -0.342 e. The zero-order chi connectivity index (χ0) is 16.0. The van der Waals surface area contributed by atoms with Crippen LogP contribution in [0.1, 0.15) is 19.5 Å². The molecule has 0 N–H and O–H groups in total. The average molecular weight is 310 g/mol. The Morgan fingerprint density at radius 3 is 2.52 bits per heavy atom. The summed E-state index contributed by atoms with van der Waals surface area (Å²) >= 11 is 0. The quantitative estimate of drug-likeness (QED) is 0.760. The van der Waals surface area contributed by atoms with Gasteiger partial charge in [0.05, 0.1) is 6.54 Å². The van der Waals surface area contributed by atoms with Gasteiger partial charge in [-0.3, -0.25) is 4.79 Å². The molecule has 0 aromatic carbocycles. The van der Waals surface area contributed by atoms with Gasteiger partial charge in [-0.1, -0.05) is 0 Å². The molecule has 0 radical (unpaired) electrons. The van der Waals surface area contributed by atoms with E-state index in [9.17, 15) is 13.2 Å².